The summed E-state index contributed by atoms with van der Waals surface area (Å²) >= 11 is 0. The minimum absolute atomic E-state index is 0.0274. The topological polar surface area (TPSA) is 59.4 Å². The van der Waals surface area contributed by atoms with Crippen LogP contribution in [0.3, 0.4) is 0 Å². The van der Waals surface area contributed by atoms with Gasteiger partial charge in [0.15, 0.2) is 0 Å². The molecule has 3 aromatic rings. The summed E-state index contributed by atoms with van der Waals surface area (Å²) in [6, 6.07) is 17.7. The van der Waals surface area contributed by atoms with Crippen molar-refractivity contribution >= 4 is 11.6 Å². The fourth-order valence-electron chi connectivity index (χ4n) is 3.99. The van der Waals surface area contributed by atoms with Gasteiger partial charge < -0.3 is 14.6 Å². The highest BCUT2D eigenvalue weighted by molar-refractivity contribution is 5.92. The first-order valence-electron chi connectivity index (χ1n) is 10.4. The van der Waals surface area contributed by atoms with E-state index in [1.807, 2.05) is 48.7 Å². The third-order valence-electron chi connectivity index (χ3n) is 5.65. The van der Waals surface area contributed by atoms with Gasteiger partial charge in [0.25, 0.3) is 0 Å². The van der Waals surface area contributed by atoms with Gasteiger partial charge in [-0.1, -0.05) is 30.3 Å². The number of methoxy groups -OCH3 is 1. The van der Waals surface area contributed by atoms with E-state index in [-0.39, 0.29) is 5.91 Å². The Kier molecular flexibility index (Phi) is 6.44. The smallest absolute Gasteiger partial charge is 0.238 e. The summed E-state index contributed by atoms with van der Waals surface area (Å²) in [7, 11) is 1.63. The Hall–Kier alpha value is -3.12. The highest BCUT2D eigenvalue weighted by Crippen LogP contribution is 2.23. The lowest BCUT2D eigenvalue weighted by Crippen LogP contribution is -2.40. The number of rotatable bonds is 7. The van der Waals surface area contributed by atoms with E-state index >= 15 is 0 Å². The van der Waals surface area contributed by atoms with Crippen molar-refractivity contribution in [3.63, 3.8) is 0 Å². The first-order chi connectivity index (χ1) is 14.7. The molecule has 1 N–H and O–H groups in total. The number of hydrogen-bond donors (Lipinski definition) is 1. The number of amides is 1. The lowest BCUT2D eigenvalue weighted by atomic mass is 9.96. The van der Waals surface area contributed by atoms with Gasteiger partial charge in [-0.25, -0.2) is 4.98 Å². The molecule has 1 amide bonds. The average Bonchev–Trinajstić information content (AvgIpc) is 3.24. The molecule has 4 rings (SSSR count). The second kappa shape index (κ2) is 9.59. The van der Waals surface area contributed by atoms with Gasteiger partial charge >= 0.3 is 0 Å². The van der Waals surface area contributed by atoms with E-state index in [1.165, 1.54) is 0 Å². The molecule has 1 fully saturated rings. The van der Waals surface area contributed by atoms with Gasteiger partial charge in [-0.05, 0) is 56.1 Å². The Morgan fingerprint density at radius 2 is 1.83 bits per heavy atom. The van der Waals surface area contributed by atoms with E-state index in [9.17, 15) is 4.79 Å². The van der Waals surface area contributed by atoms with Crippen molar-refractivity contribution in [1.29, 1.82) is 0 Å². The molecule has 0 radical (unpaired) electrons. The van der Waals surface area contributed by atoms with E-state index in [1.54, 1.807) is 7.11 Å². The van der Waals surface area contributed by atoms with E-state index in [0.29, 0.717) is 12.5 Å². The fourth-order valence-corrected chi connectivity index (χ4v) is 3.99. The molecule has 6 nitrogen and oxygen atoms in total. The van der Waals surface area contributed by atoms with Crippen LogP contribution in [0.5, 0.6) is 5.75 Å². The van der Waals surface area contributed by atoms with Crippen LogP contribution in [-0.4, -0.2) is 47.1 Å². The molecule has 0 aliphatic carbocycles. The number of aromatic nitrogens is 2. The van der Waals surface area contributed by atoms with Gasteiger partial charge in [-0.3, -0.25) is 9.69 Å². The molecule has 0 saturated carbocycles. The Balaban J connectivity index is 1.25. The van der Waals surface area contributed by atoms with Crippen molar-refractivity contribution < 1.29 is 9.53 Å². The van der Waals surface area contributed by atoms with Gasteiger partial charge in [-0.15, -0.1) is 0 Å². The van der Waals surface area contributed by atoms with E-state index in [2.05, 4.69) is 38.1 Å². The van der Waals surface area contributed by atoms with Crippen molar-refractivity contribution in [3.8, 4) is 17.1 Å². The predicted molar refractivity (Wildman–Crippen MR) is 118 cm³/mol. The number of nitrogens with zero attached hydrogens (tertiary/aromatic N) is 3. The summed E-state index contributed by atoms with van der Waals surface area (Å²) in [5, 5.41) is 2.97. The molecule has 0 spiro atoms. The quantitative estimate of drug-likeness (QED) is 0.649. The van der Waals surface area contributed by atoms with Crippen molar-refractivity contribution in [2.75, 3.05) is 32.1 Å². The molecule has 1 aliphatic rings. The second-order valence-electron chi connectivity index (χ2n) is 7.77. The second-order valence-corrected chi connectivity index (χ2v) is 7.77. The molecule has 2 heterocycles. The third kappa shape index (κ3) is 5.07. The highest BCUT2D eigenvalue weighted by atomic mass is 16.5. The maximum absolute atomic E-state index is 12.4. The van der Waals surface area contributed by atoms with Crippen molar-refractivity contribution in [2.45, 2.75) is 19.4 Å². The maximum atomic E-state index is 12.4. The number of ether oxygens (including phenoxy) is 1. The molecular weight excluding hydrogens is 376 g/mol. The van der Waals surface area contributed by atoms with Gasteiger partial charge in [0.2, 0.25) is 5.91 Å². The number of nitrogens with one attached hydrogen (secondary N) is 1. The molecule has 0 atom stereocenters. The van der Waals surface area contributed by atoms with E-state index in [0.717, 1.165) is 55.3 Å². The van der Waals surface area contributed by atoms with Crippen LogP contribution in [0.1, 0.15) is 12.8 Å². The summed E-state index contributed by atoms with van der Waals surface area (Å²) in [5.74, 6) is 2.43. The van der Waals surface area contributed by atoms with Crippen LogP contribution >= 0.6 is 0 Å². The summed E-state index contributed by atoms with van der Waals surface area (Å²) in [4.78, 5) is 19.2. The number of carbonyl (C=O) groups excluding carboxylic acids is 1. The molecule has 2 aromatic carbocycles. The number of imidazole rings is 1. The number of piperidine rings is 1. The molecular formula is C24H28N4O2. The molecule has 30 heavy (non-hydrogen) atoms. The zero-order valence-electron chi connectivity index (χ0n) is 17.3. The molecule has 1 aromatic heterocycles. The summed E-state index contributed by atoms with van der Waals surface area (Å²) in [5.41, 5.74) is 1.94. The van der Waals surface area contributed by atoms with Gasteiger partial charge in [-0.2, -0.15) is 0 Å². The van der Waals surface area contributed by atoms with Crippen LogP contribution in [0.25, 0.3) is 11.4 Å². The summed E-state index contributed by atoms with van der Waals surface area (Å²) in [6.45, 7) is 3.28. The Bertz CT molecular complexity index is 945. The van der Waals surface area contributed by atoms with Crippen LogP contribution < -0.4 is 10.1 Å². The van der Waals surface area contributed by atoms with Crippen LogP contribution in [0.2, 0.25) is 0 Å². The van der Waals surface area contributed by atoms with Gasteiger partial charge in [0.05, 0.1) is 13.7 Å². The van der Waals surface area contributed by atoms with Gasteiger partial charge in [0, 0.05) is 30.2 Å². The van der Waals surface area contributed by atoms with E-state index < -0.39 is 0 Å². The Morgan fingerprint density at radius 3 is 2.53 bits per heavy atom. The van der Waals surface area contributed by atoms with Crippen LogP contribution in [0.4, 0.5) is 5.69 Å². The van der Waals surface area contributed by atoms with Crippen LogP contribution in [-0.2, 0) is 11.3 Å². The monoisotopic (exact) mass is 404 g/mol. The van der Waals surface area contributed by atoms with Crippen LogP contribution in [0, 0.1) is 5.92 Å². The average molecular weight is 405 g/mol. The largest absolute Gasteiger partial charge is 0.497 e. The number of hydrogen-bond acceptors (Lipinski definition) is 4. The highest BCUT2D eigenvalue weighted by Gasteiger charge is 2.22. The minimum Gasteiger partial charge on any atom is -0.497 e. The van der Waals surface area contributed by atoms with Crippen molar-refractivity contribution in [3.05, 3.63) is 67.0 Å². The normalized spacial score (nSPS) is 15.1. The first kappa shape index (κ1) is 20.2. The number of carbonyl (C=O) groups is 1. The predicted octanol–water partition coefficient (Wildman–Crippen LogP) is 3.91. The standard InChI is InChI=1S/C24H28N4O2/c1-30-22-9-7-21(8-10-22)26-23(29)18-27-14-11-19(12-15-27)17-28-16-13-25-24(28)20-5-3-2-4-6-20/h2-10,13,16,19H,11-12,14-15,17-18H2,1H3,(H,26,29). The lowest BCUT2D eigenvalue weighted by Gasteiger charge is -2.31. The maximum Gasteiger partial charge on any atom is 0.238 e. The molecule has 0 unspecified atom stereocenters. The minimum atomic E-state index is 0.0274. The van der Waals surface area contributed by atoms with Crippen molar-refractivity contribution in [1.82, 2.24) is 14.5 Å². The molecule has 1 saturated heterocycles. The molecule has 6 heteroatoms. The number of benzene rings is 2. The summed E-state index contributed by atoms with van der Waals surface area (Å²) < 4.78 is 7.40. The zero-order valence-corrected chi connectivity index (χ0v) is 17.3. The van der Waals surface area contributed by atoms with Crippen LogP contribution in [0.15, 0.2) is 67.0 Å². The fraction of sp³-hybridized carbons (Fsp3) is 0.333. The first-order valence-corrected chi connectivity index (χ1v) is 10.4. The zero-order chi connectivity index (χ0) is 20.8. The molecule has 156 valence electrons. The Labute approximate surface area is 177 Å². The van der Waals surface area contributed by atoms with Gasteiger partial charge in [0.1, 0.15) is 11.6 Å². The molecule has 1 aliphatic heterocycles. The van der Waals surface area contributed by atoms with E-state index in [4.69, 9.17) is 4.74 Å². The Morgan fingerprint density at radius 1 is 1.10 bits per heavy atom. The number of likely N-dealkylation sites (tertiary alicyclic amines) is 1. The summed E-state index contributed by atoms with van der Waals surface area (Å²) in [6.07, 6.45) is 6.11. The lowest BCUT2D eigenvalue weighted by molar-refractivity contribution is -0.117. The number of anilines is 1. The third-order valence-corrected chi connectivity index (χ3v) is 5.65. The SMILES string of the molecule is COc1ccc(NC(=O)CN2CCC(Cn3ccnc3-c3ccccc3)CC2)cc1. The van der Waals surface area contributed by atoms with Crippen molar-refractivity contribution in [2.24, 2.45) is 5.92 Å². The molecule has 0 bridgehead atoms.